The number of allylic oxidation sites excluding steroid dienone is 2. The molecule has 0 unspecified atom stereocenters. The summed E-state index contributed by atoms with van der Waals surface area (Å²) in [6, 6.07) is 9.56. The quantitative estimate of drug-likeness (QED) is 0.465. The first-order valence-corrected chi connectivity index (χ1v) is 14.1. The number of hydrogen-bond acceptors (Lipinski definition) is 7. The minimum atomic E-state index is -1.29. The average Bonchev–Trinajstić information content (AvgIpc) is 3.36. The molecular weight excluding hydrogens is 512 g/mol. The molecule has 0 N–H and O–H groups in total. The lowest BCUT2D eigenvalue weighted by Crippen LogP contribution is -2.60. The fourth-order valence-corrected chi connectivity index (χ4v) is 6.66. The van der Waals surface area contributed by atoms with Crippen LogP contribution in [0.3, 0.4) is 0 Å². The van der Waals surface area contributed by atoms with Crippen LogP contribution in [0.4, 0.5) is 9.59 Å². The lowest BCUT2D eigenvalue weighted by atomic mass is 9.61. The van der Waals surface area contributed by atoms with Gasteiger partial charge >= 0.3 is 12.2 Å². The van der Waals surface area contributed by atoms with Crippen molar-refractivity contribution in [3.63, 3.8) is 0 Å². The van der Waals surface area contributed by atoms with Crippen LogP contribution in [-0.4, -0.2) is 69.8 Å². The van der Waals surface area contributed by atoms with Crippen molar-refractivity contribution >= 4 is 29.9 Å². The number of nitrogens with zero attached hydrogens (tertiary/aromatic N) is 4. The molecule has 4 atom stereocenters. The number of fused-ring (bicyclic) bond motifs is 5. The number of amides is 4. The zero-order valence-corrected chi connectivity index (χ0v) is 23.7. The maximum Gasteiger partial charge on any atom is 0.424 e. The molecule has 40 heavy (non-hydrogen) atoms. The molecular formula is C30H36N4O6. The molecule has 3 aliphatic heterocycles. The number of carbonyl (C=O) groups is 4. The van der Waals surface area contributed by atoms with Crippen LogP contribution >= 0.6 is 0 Å². The fourth-order valence-electron chi connectivity index (χ4n) is 6.66. The Morgan fingerprint density at radius 3 is 2.42 bits per heavy atom. The highest BCUT2D eigenvalue weighted by molar-refractivity contribution is 6.09. The Morgan fingerprint density at radius 2 is 1.80 bits per heavy atom. The Kier molecular flexibility index (Phi) is 7.29. The van der Waals surface area contributed by atoms with Crippen LogP contribution in [0.1, 0.15) is 53.0 Å². The van der Waals surface area contributed by atoms with Crippen LogP contribution in [0.25, 0.3) is 0 Å². The van der Waals surface area contributed by atoms with E-state index < -0.39 is 35.5 Å². The summed E-state index contributed by atoms with van der Waals surface area (Å²) in [6.45, 7) is 10.6. The summed E-state index contributed by atoms with van der Waals surface area (Å²) < 4.78 is 11.8. The lowest BCUT2D eigenvalue weighted by Gasteiger charge is -2.49. The largest absolute Gasteiger partial charge is 0.424 e. The van der Waals surface area contributed by atoms with Gasteiger partial charge in [-0.2, -0.15) is 0 Å². The van der Waals surface area contributed by atoms with E-state index in [1.165, 1.54) is 14.7 Å². The van der Waals surface area contributed by atoms with Gasteiger partial charge in [0.1, 0.15) is 5.54 Å². The summed E-state index contributed by atoms with van der Waals surface area (Å²) in [5.74, 6) is -2.05. The van der Waals surface area contributed by atoms with Gasteiger partial charge in [-0.15, -0.1) is 0 Å². The molecule has 0 bridgehead atoms. The molecule has 10 heteroatoms. The van der Waals surface area contributed by atoms with E-state index in [4.69, 9.17) is 14.5 Å². The van der Waals surface area contributed by atoms with Crippen LogP contribution in [-0.2, 0) is 25.6 Å². The standard InChI is InChI=1S/C30H36N4O6/c1-6-19-20-15-16-21-22(25(36)33(9-4)24(21)35)23(20)30(5)27(31-17-18-13-11-10-12-14-18)40-29(38)34(30)26(19)39-28(37)32(7-2)8-3/h10-15,21-23H,6-9,16-17H2,1-5H3/t21-,22-,23+,30+/m1/s1. The zero-order chi connectivity index (χ0) is 28.8. The molecule has 0 spiro atoms. The van der Waals surface area contributed by atoms with Gasteiger partial charge in [0.2, 0.25) is 23.6 Å². The molecule has 10 nitrogen and oxygen atoms in total. The van der Waals surface area contributed by atoms with Crippen molar-refractivity contribution in [3.8, 4) is 0 Å². The zero-order valence-electron chi connectivity index (χ0n) is 23.7. The van der Waals surface area contributed by atoms with Gasteiger partial charge in [-0.25, -0.2) is 19.5 Å². The number of hydrogen-bond donors (Lipinski definition) is 0. The van der Waals surface area contributed by atoms with Crippen LogP contribution in [0, 0.1) is 17.8 Å². The number of carbonyl (C=O) groups excluding carboxylic acids is 4. The van der Waals surface area contributed by atoms with Crippen molar-refractivity contribution in [1.82, 2.24) is 14.7 Å². The molecule has 5 rings (SSSR count). The molecule has 2 fully saturated rings. The molecule has 0 radical (unpaired) electrons. The Hall–Kier alpha value is -3.95. The van der Waals surface area contributed by atoms with Gasteiger partial charge in [0, 0.05) is 31.1 Å². The first-order valence-electron chi connectivity index (χ1n) is 14.1. The van der Waals surface area contributed by atoms with Crippen LogP contribution in [0.5, 0.6) is 0 Å². The Labute approximate surface area is 234 Å². The highest BCUT2D eigenvalue weighted by atomic mass is 16.6. The molecule has 212 valence electrons. The normalized spacial score (nSPS) is 28.3. The number of ether oxygens (including phenoxy) is 2. The van der Waals surface area contributed by atoms with E-state index in [2.05, 4.69) is 0 Å². The number of benzene rings is 1. The first kappa shape index (κ1) is 27.6. The molecule has 1 aromatic rings. The molecule has 1 aliphatic carbocycles. The minimum Gasteiger partial charge on any atom is -0.393 e. The SMILES string of the molecule is CCC1=C(OC(=O)N(CC)CC)N2C(=O)OC(=NCc3ccccc3)[C@]2(C)[C@H]2C1=CC[C@H]1C(=O)N(CC)C(=O)[C@H]12. The predicted molar refractivity (Wildman–Crippen MR) is 147 cm³/mol. The van der Waals surface area contributed by atoms with Crippen molar-refractivity contribution in [2.75, 3.05) is 19.6 Å². The summed E-state index contributed by atoms with van der Waals surface area (Å²) >= 11 is 0. The Bertz CT molecular complexity index is 1330. The third kappa shape index (κ3) is 4.03. The molecule has 1 aromatic carbocycles. The van der Waals surface area contributed by atoms with Crippen molar-refractivity contribution < 1.29 is 28.7 Å². The number of rotatable bonds is 7. The van der Waals surface area contributed by atoms with Gasteiger partial charge in [0.15, 0.2) is 0 Å². The van der Waals surface area contributed by atoms with E-state index in [0.29, 0.717) is 31.5 Å². The second-order valence-corrected chi connectivity index (χ2v) is 10.6. The molecule has 2 saturated heterocycles. The third-order valence-corrected chi connectivity index (χ3v) is 8.66. The number of likely N-dealkylation sites (tertiary alicyclic amines) is 1. The monoisotopic (exact) mass is 548 g/mol. The second kappa shape index (κ2) is 10.6. The predicted octanol–water partition coefficient (Wildman–Crippen LogP) is 4.48. The van der Waals surface area contributed by atoms with E-state index in [0.717, 1.165) is 11.1 Å². The molecule has 0 aromatic heterocycles. The summed E-state index contributed by atoms with van der Waals surface area (Å²) in [7, 11) is 0. The average molecular weight is 549 g/mol. The van der Waals surface area contributed by atoms with Crippen molar-refractivity contribution in [2.45, 2.75) is 59.5 Å². The van der Waals surface area contributed by atoms with Gasteiger partial charge < -0.3 is 14.4 Å². The van der Waals surface area contributed by atoms with Crippen LogP contribution < -0.4 is 0 Å². The number of aliphatic imine (C=N–C) groups is 1. The van der Waals surface area contributed by atoms with E-state index in [9.17, 15) is 19.2 Å². The highest BCUT2D eigenvalue weighted by Gasteiger charge is 2.68. The summed E-state index contributed by atoms with van der Waals surface area (Å²) in [6.07, 6.45) is 1.50. The Balaban J connectivity index is 1.69. The van der Waals surface area contributed by atoms with E-state index in [1.54, 1.807) is 13.8 Å². The minimum absolute atomic E-state index is 0.0990. The van der Waals surface area contributed by atoms with Crippen molar-refractivity contribution in [1.29, 1.82) is 0 Å². The molecule has 4 aliphatic rings. The Morgan fingerprint density at radius 1 is 1.10 bits per heavy atom. The molecule has 4 amide bonds. The summed E-state index contributed by atoms with van der Waals surface area (Å²) in [4.78, 5) is 62.7. The van der Waals surface area contributed by atoms with Gasteiger partial charge in [-0.3, -0.25) is 14.5 Å². The summed E-state index contributed by atoms with van der Waals surface area (Å²) in [5, 5.41) is 0. The lowest BCUT2D eigenvalue weighted by molar-refractivity contribution is -0.140. The van der Waals surface area contributed by atoms with E-state index in [1.807, 2.05) is 57.2 Å². The molecule has 0 saturated carbocycles. The van der Waals surface area contributed by atoms with Crippen molar-refractivity contribution in [2.24, 2.45) is 22.7 Å². The second-order valence-electron chi connectivity index (χ2n) is 10.6. The third-order valence-electron chi connectivity index (χ3n) is 8.66. The number of imide groups is 1. The fraction of sp³-hybridized carbons (Fsp3) is 0.500. The van der Waals surface area contributed by atoms with Gasteiger partial charge in [0.25, 0.3) is 0 Å². The van der Waals surface area contributed by atoms with E-state index in [-0.39, 0.29) is 36.7 Å². The maximum absolute atomic E-state index is 13.7. The van der Waals surface area contributed by atoms with E-state index >= 15 is 0 Å². The molecule has 3 heterocycles. The van der Waals surface area contributed by atoms with Crippen molar-refractivity contribution in [3.05, 3.63) is 59.0 Å². The maximum atomic E-state index is 13.7. The number of cyclic esters (lactones) is 1. The summed E-state index contributed by atoms with van der Waals surface area (Å²) in [5.41, 5.74) is 1.08. The van der Waals surface area contributed by atoms with Gasteiger partial charge in [-0.05, 0) is 51.7 Å². The smallest absolute Gasteiger partial charge is 0.393 e. The first-order chi connectivity index (χ1) is 19.2. The van der Waals surface area contributed by atoms with Crippen LogP contribution in [0.2, 0.25) is 0 Å². The highest BCUT2D eigenvalue weighted by Crippen LogP contribution is 2.56. The topological polar surface area (TPSA) is 109 Å². The van der Waals surface area contributed by atoms with Crippen LogP contribution in [0.15, 0.2) is 58.4 Å². The van der Waals surface area contributed by atoms with Gasteiger partial charge in [-0.1, -0.05) is 43.3 Å². The van der Waals surface area contributed by atoms with Gasteiger partial charge in [0.05, 0.1) is 18.4 Å².